The number of rotatable bonds is 11. The van der Waals surface area contributed by atoms with Crippen LogP contribution in [-0.4, -0.2) is 76.1 Å². The van der Waals surface area contributed by atoms with Crippen LogP contribution in [0.25, 0.3) is 16.9 Å². The van der Waals surface area contributed by atoms with Gasteiger partial charge in [-0.3, -0.25) is 14.4 Å². The molecule has 0 radical (unpaired) electrons. The Bertz CT molecular complexity index is 1780. The third-order valence-electron chi connectivity index (χ3n) is 8.40. The molecule has 262 valence electrons. The summed E-state index contributed by atoms with van der Waals surface area (Å²) >= 11 is 0. The van der Waals surface area contributed by atoms with E-state index in [0.29, 0.717) is 61.7 Å². The lowest BCUT2D eigenvalue weighted by Gasteiger charge is -2.42. The van der Waals surface area contributed by atoms with Gasteiger partial charge in [0.15, 0.2) is 0 Å². The van der Waals surface area contributed by atoms with Gasteiger partial charge in [-0.05, 0) is 69.9 Å². The second kappa shape index (κ2) is 16.3. The van der Waals surface area contributed by atoms with Crippen LogP contribution in [0.2, 0.25) is 0 Å². The Morgan fingerprint density at radius 3 is 2.22 bits per heavy atom. The molecule has 10 nitrogen and oxygen atoms in total. The van der Waals surface area contributed by atoms with E-state index in [9.17, 15) is 19.2 Å². The average molecular weight is 679 g/mol. The molecule has 1 unspecified atom stereocenters. The van der Waals surface area contributed by atoms with Crippen LogP contribution in [0.3, 0.4) is 0 Å². The molecule has 0 spiro atoms. The molecular formula is C40H46N4O6. The van der Waals surface area contributed by atoms with Crippen molar-refractivity contribution in [2.45, 2.75) is 65.0 Å². The molecule has 1 N–H and O–H groups in total. The van der Waals surface area contributed by atoms with Crippen LogP contribution in [0.4, 0.5) is 10.5 Å². The van der Waals surface area contributed by atoms with Crippen LogP contribution in [0, 0.1) is 0 Å². The number of anilines is 1. The Kier molecular flexibility index (Phi) is 11.7. The Balaban J connectivity index is 1.46. The summed E-state index contributed by atoms with van der Waals surface area (Å²) in [5, 5.41) is 3.00. The first-order valence-corrected chi connectivity index (χ1v) is 17.2. The van der Waals surface area contributed by atoms with E-state index in [1.165, 1.54) is 0 Å². The maximum Gasteiger partial charge on any atom is 0.410 e. The molecule has 0 saturated carbocycles. The molecule has 1 aliphatic heterocycles. The summed E-state index contributed by atoms with van der Waals surface area (Å²) in [6.07, 6.45) is 2.73. The highest BCUT2D eigenvalue weighted by Gasteiger charge is 2.36. The van der Waals surface area contributed by atoms with Gasteiger partial charge in [-0.15, -0.1) is 0 Å². The number of ether oxygens (including phenoxy) is 2. The van der Waals surface area contributed by atoms with E-state index in [4.69, 9.17) is 9.47 Å². The highest BCUT2D eigenvalue weighted by atomic mass is 16.6. The van der Waals surface area contributed by atoms with Crippen molar-refractivity contribution in [3.05, 3.63) is 108 Å². The summed E-state index contributed by atoms with van der Waals surface area (Å²) in [7, 11) is 0. The number of hydrogen-bond acceptors (Lipinski definition) is 6. The minimum atomic E-state index is -0.634. The van der Waals surface area contributed by atoms with E-state index in [1.807, 2.05) is 127 Å². The zero-order valence-corrected chi connectivity index (χ0v) is 29.3. The Morgan fingerprint density at radius 2 is 1.52 bits per heavy atom. The molecule has 3 amide bonds. The maximum absolute atomic E-state index is 14.7. The normalized spacial score (nSPS) is 14.6. The third kappa shape index (κ3) is 9.19. The van der Waals surface area contributed by atoms with Gasteiger partial charge >= 0.3 is 12.1 Å². The average Bonchev–Trinajstić information content (AvgIpc) is 3.53. The Labute approximate surface area is 294 Å². The zero-order valence-electron chi connectivity index (χ0n) is 29.3. The number of amides is 3. The number of nitrogens with zero attached hydrogens (tertiary/aromatic N) is 3. The van der Waals surface area contributed by atoms with E-state index >= 15 is 0 Å². The lowest BCUT2D eigenvalue weighted by atomic mass is 10.00. The first kappa shape index (κ1) is 35.9. The predicted molar refractivity (Wildman–Crippen MR) is 193 cm³/mol. The SMILES string of the molecule is CCOC(=O)CCCC(=O)Nc1ccccc1-n1ccc(C(=O)N2CCN(C(=O)OC(C)(C)C)CC2Cc2ccccc2)c1-c1ccccc1. The molecule has 50 heavy (non-hydrogen) atoms. The molecule has 0 bridgehead atoms. The van der Waals surface area contributed by atoms with Crippen LogP contribution in [-0.2, 0) is 25.5 Å². The van der Waals surface area contributed by atoms with Crippen molar-refractivity contribution in [2.75, 3.05) is 31.6 Å². The zero-order chi connectivity index (χ0) is 35.7. The van der Waals surface area contributed by atoms with Gasteiger partial charge < -0.3 is 29.2 Å². The molecule has 1 fully saturated rings. The summed E-state index contributed by atoms with van der Waals surface area (Å²) in [5.74, 6) is -0.694. The number of esters is 1. The molecule has 4 aromatic rings. The highest BCUT2D eigenvalue weighted by molar-refractivity contribution is 6.01. The molecule has 1 saturated heterocycles. The summed E-state index contributed by atoms with van der Waals surface area (Å²) < 4.78 is 12.6. The lowest BCUT2D eigenvalue weighted by molar-refractivity contribution is -0.143. The Hall–Kier alpha value is -5.38. The second-order valence-electron chi connectivity index (χ2n) is 13.3. The van der Waals surface area contributed by atoms with Crippen LogP contribution in [0.15, 0.2) is 97.2 Å². The van der Waals surface area contributed by atoms with Gasteiger partial charge in [0.1, 0.15) is 5.60 Å². The van der Waals surface area contributed by atoms with Gasteiger partial charge in [0.25, 0.3) is 5.91 Å². The number of carbonyl (C=O) groups is 4. The molecule has 1 aromatic heterocycles. The van der Waals surface area contributed by atoms with E-state index < -0.39 is 11.7 Å². The number of para-hydroxylation sites is 2. The van der Waals surface area contributed by atoms with Crippen molar-refractivity contribution < 1.29 is 28.7 Å². The van der Waals surface area contributed by atoms with E-state index in [1.54, 1.807) is 11.8 Å². The Morgan fingerprint density at radius 1 is 0.840 bits per heavy atom. The van der Waals surface area contributed by atoms with Gasteiger partial charge in [-0.1, -0.05) is 72.8 Å². The molecule has 0 aliphatic carbocycles. The molecular weight excluding hydrogens is 632 g/mol. The van der Waals surface area contributed by atoms with E-state index in [0.717, 1.165) is 11.1 Å². The fraction of sp³-hybridized carbons (Fsp3) is 0.350. The van der Waals surface area contributed by atoms with Crippen molar-refractivity contribution in [1.82, 2.24) is 14.4 Å². The largest absolute Gasteiger partial charge is 0.466 e. The lowest BCUT2D eigenvalue weighted by Crippen LogP contribution is -2.57. The molecule has 5 rings (SSSR count). The fourth-order valence-electron chi connectivity index (χ4n) is 6.16. The van der Waals surface area contributed by atoms with Crippen LogP contribution < -0.4 is 5.32 Å². The van der Waals surface area contributed by atoms with Gasteiger partial charge in [-0.25, -0.2) is 4.79 Å². The van der Waals surface area contributed by atoms with Crippen molar-refractivity contribution in [3.8, 4) is 16.9 Å². The first-order valence-electron chi connectivity index (χ1n) is 17.2. The van der Waals surface area contributed by atoms with Crippen molar-refractivity contribution in [3.63, 3.8) is 0 Å². The van der Waals surface area contributed by atoms with Crippen molar-refractivity contribution in [1.29, 1.82) is 0 Å². The van der Waals surface area contributed by atoms with Crippen molar-refractivity contribution >= 4 is 29.6 Å². The summed E-state index contributed by atoms with van der Waals surface area (Å²) in [4.78, 5) is 56.1. The smallest absolute Gasteiger partial charge is 0.410 e. The second-order valence-corrected chi connectivity index (χ2v) is 13.3. The topological polar surface area (TPSA) is 110 Å². The quantitative estimate of drug-likeness (QED) is 0.169. The number of aromatic nitrogens is 1. The molecule has 1 atom stereocenters. The maximum atomic E-state index is 14.7. The minimum absolute atomic E-state index is 0.146. The first-order chi connectivity index (χ1) is 24.0. The van der Waals surface area contributed by atoms with Crippen LogP contribution in [0.1, 0.15) is 62.9 Å². The van der Waals surface area contributed by atoms with Crippen LogP contribution >= 0.6 is 0 Å². The van der Waals surface area contributed by atoms with Gasteiger partial charge in [0.2, 0.25) is 5.91 Å². The van der Waals surface area contributed by atoms with E-state index in [-0.39, 0.29) is 36.7 Å². The third-order valence-corrected chi connectivity index (χ3v) is 8.40. The van der Waals surface area contributed by atoms with Gasteiger partial charge in [0.05, 0.1) is 35.3 Å². The molecule has 3 aromatic carbocycles. The number of carbonyl (C=O) groups excluding carboxylic acids is 4. The van der Waals surface area contributed by atoms with Crippen molar-refractivity contribution in [2.24, 2.45) is 0 Å². The monoisotopic (exact) mass is 678 g/mol. The molecule has 1 aliphatic rings. The molecule has 10 heteroatoms. The summed E-state index contributed by atoms with van der Waals surface area (Å²) in [6, 6.07) is 28.6. The fourth-order valence-corrected chi connectivity index (χ4v) is 6.16. The standard InChI is InChI=1S/C40H46N4O6/c1-5-49-36(46)22-14-21-35(45)41-33-19-12-13-20-34(33)44-24-23-32(37(44)30-17-10-7-11-18-30)38(47)43-26-25-42(39(48)50-40(2,3)4)28-31(43)27-29-15-8-6-9-16-29/h6-13,15-20,23-24,31H,5,14,21-22,25-28H2,1-4H3,(H,41,45). The minimum Gasteiger partial charge on any atom is -0.466 e. The van der Waals surface area contributed by atoms with Crippen LogP contribution in [0.5, 0.6) is 0 Å². The number of piperazine rings is 1. The summed E-state index contributed by atoms with van der Waals surface area (Å²) in [5.41, 5.74) is 3.74. The molecule has 2 heterocycles. The van der Waals surface area contributed by atoms with Gasteiger partial charge in [0, 0.05) is 38.7 Å². The number of benzene rings is 3. The van der Waals surface area contributed by atoms with Gasteiger partial charge in [-0.2, -0.15) is 0 Å². The predicted octanol–water partition coefficient (Wildman–Crippen LogP) is 7.12. The number of hydrogen-bond donors (Lipinski definition) is 1. The summed E-state index contributed by atoms with van der Waals surface area (Å²) in [6.45, 7) is 8.61. The van der Waals surface area contributed by atoms with E-state index in [2.05, 4.69) is 5.32 Å². The highest BCUT2D eigenvalue weighted by Crippen LogP contribution is 2.33. The number of nitrogens with one attached hydrogen (secondary N) is 1.